The smallest absolute Gasteiger partial charge is 0.249 e. The van der Waals surface area contributed by atoms with Gasteiger partial charge in [-0.3, -0.25) is 4.79 Å². The summed E-state index contributed by atoms with van der Waals surface area (Å²) in [5.41, 5.74) is 0. The summed E-state index contributed by atoms with van der Waals surface area (Å²) in [5.74, 6) is -0.0128. The van der Waals surface area contributed by atoms with Crippen LogP contribution in [0.2, 0.25) is 0 Å². The molecule has 0 aromatic heterocycles. The molecule has 0 bridgehead atoms. The van der Waals surface area contributed by atoms with Crippen LogP contribution in [-0.4, -0.2) is 38.3 Å². The molecule has 1 saturated heterocycles. The molecule has 4 heteroatoms. The van der Waals surface area contributed by atoms with Crippen molar-refractivity contribution in [3.63, 3.8) is 0 Å². The van der Waals surface area contributed by atoms with E-state index in [4.69, 9.17) is 4.74 Å². The van der Waals surface area contributed by atoms with E-state index in [1.54, 1.807) is 14.0 Å². The van der Waals surface area contributed by atoms with Crippen LogP contribution in [0.15, 0.2) is 0 Å². The van der Waals surface area contributed by atoms with Gasteiger partial charge in [0.15, 0.2) is 0 Å². The van der Waals surface area contributed by atoms with Crippen LogP contribution in [0.5, 0.6) is 0 Å². The average Bonchev–Trinajstić information content (AvgIpc) is 2.45. The van der Waals surface area contributed by atoms with Crippen LogP contribution < -0.4 is 10.6 Å². The average molecular weight is 200 g/mol. The predicted molar refractivity (Wildman–Crippen MR) is 55.1 cm³/mol. The Morgan fingerprint density at radius 2 is 2.36 bits per heavy atom. The first-order valence-electron chi connectivity index (χ1n) is 5.28. The Labute approximate surface area is 85.4 Å². The molecule has 2 unspecified atom stereocenters. The summed E-state index contributed by atoms with van der Waals surface area (Å²) in [5, 5.41) is 6.29. The van der Waals surface area contributed by atoms with Crippen molar-refractivity contribution in [1.29, 1.82) is 0 Å². The normalized spacial score (nSPS) is 25.1. The van der Waals surface area contributed by atoms with Gasteiger partial charge in [-0.1, -0.05) is 6.42 Å². The lowest BCUT2D eigenvalue weighted by Gasteiger charge is -2.18. The highest BCUT2D eigenvalue weighted by Crippen LogP contribution is 2.04. The number of rotatable bonds is 3. The first kappa shape index (κ1) is 11.5. The summed E-state index contributed by atoms with van der Waals surface area (Å²) in [6, 6.07) is 0.266. The quantitative estimate of drug-likeness (QED) is 0.688. The fourth-order valence-electron chi connectivity index (χ4n) is 1.57. The Kier molecular flexibility index (Phi) is 4.90. The molecule has 1 amide bonds. The molecule has 14 heavy (non-hydrogen) atoms. The second-order valence-corrected chi connectivity index (χ2v) is 3.78. The molecule has 2 N–H and O–H groups in total. The van der Waals surface area contributed by atoms with E-state index in [2.05, 4.69) is 10.6 Å². The van der Waals surface area contributed by atoms with Crippen molar-refractivity contribution in [2.75, 3.05) is 20.2 Å². The van der Waals surface area contributed by atoms with Gasteiger partial charge in [-0.15, -0.1) is 0 Å². The third-order valence-corrected chi connectivity index (χ3v) is 2.62. The molecule has 0 radical (unpaired) electrons. The predicted octanol–water partition coefficient (Wildman–Crippen LogP) is 0.280. The maximum atomic E-state index is 11.5. The van der Waals surface area contributed by atoms with Gasteiger partial charge in [0.2, 0.25) is 5.91 Å². The summed E-state index contributed by atoms with van der Waals surface area (Å²) in [6.07, 6.45) is 3.10. The molecule has 0 aliphatic carbocycles. The fraction of sp³-hybridized carbons (Fsp3) is 0.900. The van der Waals surface area contributed by atoms with Crippen LogP contribution in [0.3, 0.4) is 0 Å². The molecule has 0 spiro atoms. The molecule has 1 aliphatic rings. The number of methoxy groups -OCH3 is 1. The Bertz CT molecular complexity index is 177. The Hall–Kier alpha value is -0.610. The van der Waals surface area contributed by atoms with Crippen molar-refractivity contribution < 1.29 is 9.53 Å². The van der Waals surface area contributed by atoms with E-state index in [-0.39, 0.29) is 18.1 Å². The molecule has 82 valence electrons. The van der Waals surface area contributed by atoms with Crippen LogP contribution in [0.4, 0.5) is 0 Å². The van der Waals surface area contributed by atoms with E-state index >= 15 is 0 Å². The van der Waals surface area contributed by atoms with Gasteiger partial charge in [0.05, 0.1) is 0 Å². The zero-order valence-corrected chi connectivity index (χ0v) is 9.01. The molecular formula is C10H20N2O2. The number of carbonyl (C=O) groups is 1. The Morgan fingerprint density at radius 3 is 3.07 bits per heavy atom. The maximum absolute atomic E-state index is 11.5. The van der Waals surface area contributed by atoms with Gasteiger partial charge in [0.1, 0.15) is 6.10 Å². The number of ether oxygens (including phenoxy) is 1. The van der Waals surface area contributed by atoms with Crippen molar-refractivity contribution in [3.05, 3.63) is 0 Å². The Balaban J connectivity index is 2.30. The minimum Gasteiger partial charge on any atom is -0.372 e. The SMILES string of the molecule is COC(C)C(=O)NC1CCCCNC1. The molecule has 2 atom stereocenters. The summed E-state index contributed by atoms with van der Waals surface area (Å²) in [7, 11) is 1.55. The third-order valence-electron chi connectivity index (χ3n) is 2.62. The molecule has 1 heterocycles. The van der Waals surface area contributed by atoms with Gasteiger partial charge in [0.25, 0.3) is 0 Å². The zero-order valence-electron chi connectivity index (χ0n) is 9.01. The van der Waals surface area contributed by atoms with Crippen LogP contribution in [0, 0.1) is 0 Å². The zero-order chi connectivity index (χ0) is 10.4. The van der Waals surface area contributed by atoms with Crippen molar-refractivity contribution >= 4 is 5.91 Å². The van der Waals surface area contributed by atoms with Crippen molar-refractivity contribution in [2.24, 2.45) is 0 Å². The number of nitrogens with one attached hydrogen (secondary N) is 2. The number of hydrogen-bond donors (Lipinski definition) is 2. The van der Waals surface area contributed by atoms with Crippen LogP contribution in [0.25, 0.3) is 0 Å². The van der Waals surface area contributed by atoms with Crippen molar-refractivity contribution in [2.45, 2.75) is 38.3 Å². The lowest BCUT2D eigenvalue weighted by molar-refractivity contribution is -0.130. The van der Waals surface area contributed by atoms with Crippen LogP contribution in [0.1, 0.15) is 26.2 Å². The van der Waals surface area contributed by atoms with Gasteiger partial charge in [-0.25, -0.2) is 0 Å². The van der Waals surface area contributed by atoms with Gasteiger partial charge < -0.3 is 15.4 Å². The molecule has 0 aromatic rings. The monoisotopic (exact) mass is 200 g/mol. The molecule has 4 nitrogen and oxygen atoms in total. The molecular weight excluding hydrogens is 180 g/mol. The summed E-state index contributed by atoms with van der Waals surface area (Å²) in [4.78, 5) is 11.5. The maximum Gasteiger partial charge on any atom is 0.249 e. The summed E-state index contributed by atoms with van der Waals surface area (Å²) < 4.78 is 4.95. The first-order valence-corrected chi connectivity index (χ1v) is 5.28. The highest BCUT2D eigenvalue weighted by atomic mass is 16.5. The van der Waals surface area contributed by atoms with E-state index < -0.39 is 0 Å². The standard InChI is InChI=1S/C10H20N2O2/c1-8(14-2)10(13)12-9-5-3-4-6-11-7-9/h8-9,11H,3-7H2,1-2H3,(H,12,13). The summed E-state index contributed by atoms with van der Waals surface area (Å²) in [6.45, 7) is 3.70. The van der Waals surface area contributed by atoms with Crippen LogP contribution in [-0.2, 0) is 9.53 Å². The molecule has 1 rings (SSSR count). The summed E-state index contributed by atoms with van der Waals surface area (Å²) >= 11 is 0. The lowest BCUT2D eigenvalue weighted by Crippen LogP contribution is -2.45. The molecule has 0 saturated carbocycles. The van der Waals surface area contributed by atoms with E-state index in [9.17, 15) is 4.79 Å². The van der Waals surface area contributed by atoms with Crippen LogP contribution >= 0.6 is 0 Å². The van der Waals surface area contributed by atoms with Crippen molar-refractivity contribution in [1.82, 2.24) is 10.6 Å². The minimum absolute atomic E-state index is 0.0128. The van der Waals surface area contributed by atoms with E-state index in [0.29, 0.717) is 0 Å². The lowest BCUT2D eigenvalue weighted by atomic mass is 10.1. The largest absolute Gasteiger partial charge is 0.372 e. The second kappa shape index (κ2) is 5.98. The molecule has 0 aromatic carbocycles. The van der Waals surface area contributed by atoms with E-state index in [1.165, 1.54) is 12.8 Å². The van der Waals surface area contributed by atoms with Gasteiger partial charge in [0, 0.05) is 19.7 Å². The van der Waals surface area contributed by atoms with Crippen molar-refractivity contribution in [3.8, 4) is 0 Å². The number of carbonyl (C=O) groups excluding carboxylic acids is 1. The second-order valence-electron chi connectivity index (χ2n) is 3.78. The fourth-order valence-corrected chi connectivity index (χ4v) is 1.57. The van der Waals surface area contributed by atoms with Gasteiger partial charge in [-0.2, -0.15) is 0 Å². The number of hydrogen-bond acceptors (Lipinski definition) is 3. The number of amides is 1. The molecule has 1 fully saturated rings. The van der Waals surface area contributed by atoms with E-state index in [0.717, 1.165) is 19.5 Å². The minimum atomic E-state index is -0.349. The van der Waals surface area contributed by atoms with Gasteiger partial charge >= 0.3 is 0 Å². The van der Waals surface area contributed by atoms with Gasteiger partial charge in [-0.05, 0) is 26.3 Å². The molecule has 1 aliphatic heterocycles. The highest BCUT2D eigenvalue weighted by molar-refractivity contribution is 5.80. The first-order chi connectivity index (χ1) is 6.74. The third kappa shape index (κ3) is 3.64. The Morgan fingerprint density at radius 1 is 1.57 bits per heavy atom. The topological polar surface area (TPSA) is 50.4 Å². The van der Waals surface area contributed by atoms with E-state index in [1.807, 2.05) is 0 Å². The highest BCUT2D eigenvalue weighted by Gasteiger charge is 2.17.